The Morgan fingerprint density at radius 1 is 1.57 bits per heavy atom. The number of hydrogen-bond acceptors (Lipinski definition) is 3. The second kappa shape index (κ2) is 4.64. The second-order valence-corrected chi connectivity index (χ2v) is 3.09. The van der Waals surface area contributed by atoms with Crippen molar-refractivity contribution in [3.63, 3.8) is 0 Å². The van der Waals surface area contributed by atoms with Crippen molar-refractivity contribution in [2.45, 2.75) is 19.4 Å². The summed E-state index contributed by atoms with van der Waals surface area (Å²) in [6, 6.07) is 7.54. The molecule has 3 nitrogen and oxygen atoms in total. The monoisotopic (exact) mass is 190 g/mol. The fourth-order valence-corrected chi connectivity index (χ4v) is 1.28. The quantitative estimate of drug-likeness (QED) is 0.792. The Balaban J connectivity index is 3.09. The van der Waals surface area contributed by atoms with Crippen molar-refractivity contribution in [1.29, 1.82) is 5.26 Å². The Kier molecular flexibility index (Phi) is 3.49. The maximum atomic E-state index is 8.86. The molecule has 0 saturated carbocycles. The van der Waals surface area contributed by atoms with E-state index in [4.69, 9.17) is 15.7 Å². The fourth-order valence-electron chi connectivity index (χ4n) is 1.28. The van der Waals surface area contributed by atoms with Gasteiger partial charge in [0.15, 0.2) is 0 Å². The Labute approximate surface area is 84.1 Å². The van der Waals surface area contributed by atoms with Gasteiger partial charge in [0.25, 0.3) is 0 Å². The van der Waals surface area contributed by atoms with Gasteiger partial charge in [0.1, 0.15) is 11.8 Å². The summed E-state index contributed by atoms with van der Waals surface area (Å²) >= 11 is 0. The normalized spacial score (nSPS) is 11.9. The van der Waals surface area contributed by atoms with Crippen molar-refractivity contribution in [3.05, 3.63) is 29.3 Å². The second-order valence-electron chi connectivity index (χ2n) is 3.09. The van der Waals surface area contributed by atoms with Gasteiger partial charge in [0.05, 0.1) is 12.7 Å². The molecule has 0 amide bonds. The van der Waals surface area contributed by atoms with Gasteiger partial charge < -0.3 is 10.5 Å². The molecular formula is C11H14N2O. The summed E-state index contributed by atoms with van der Waals surface area (Å²) in [7, 11) is 1.55. The lowest BCUT2D eigenvalue weighted by molar-refractivity contribution is 0.413. The molecule has 0 aromatic heterocycles. The number of hydrogen-bond donors (Lipinski definition) is 1. The molecule has 0 fully saturated rings. The zero-order chi connectivity index (χ0) is 10.6. The van der Waals surface area contributed by atoms with E-state index >= 15 is 0 Å². The molecule has 1 rings (SSSR count). The third-order valence-corrected chi connectivity index (χ3v) is 2.21. The van der Waals surface area contributed by atoms with Crippen LogP contribution in [0.15, 0.2) is 18.2 Å². The number of benzene rings is 1. The maximum Gasteiger partial charge on any atom is 0.136 e. The molecule has 0 aliphatic rings. The average Bonchev–Trinajstić information content (AvgIpc) is 2.26. The van der Waals surface area contributed by atoms with Gasteiger partial charge in [-0.15, -0.1) is 0 Å². The van der Waals surface area contributed by atoms with Crippen molar-refractivity contribution in [1.82, 2.24) is 0 Å². The Morgan fingerprint density at radius 2 is 2.29 bits per heavy atom. The lowest BCUT2D eigenvalue weighted by Crippen LogP contribution is -2.08. The van der Waals surface area contributed by atoms with Gasteiger partial charge in [0.2, 0.25) is 0 Å². The summed E-state index contributed by atoms with van der Waals surface area (Å²) in [5, 5.41) is 8.86. The summed E-state index contributed by atoms with van der Waals surface area (Å²) in [5.74, 6) is 0.597. The van der Waals surface area contributed by atoms with Crippen molar-refractivity contribution in [2.24, 2.45) is 5.73 Å². The minimum Gasteiger partial charge on any atom is -0.495 e. The van der Waals surface area contributed by atoms with Crippen LogP contribution in [0.5, 0.6) is 5.75 Å². The molecule has 0 unspecified atom stereocenters. The van der Waals surface area contributed by atoms with Gasteiger partial charge >= 0.3 is 0 Å². The highest BCUT2D eigenvalue weighted by Gasteiger charge is 2.07. The number of nitrogens with zero attached hydrogens (tertiary/aromatic N) is 1. The van der Waals surface area contributed by atoms with Crippen LogP contribution in [0.25, 0.3) is 0 Å². The molecule has 0 aliphatic carbocycles. The van der Waals surface area contributed by atoms with E-state index in [1.54, 1.807) is 19.2 Å². The maximum absolute atomic E-state index is 8.86. The van der Waals surface area contributed by atoms with E-state index in [-0.39, 0.29) is 6.04 Å². The first-order chi connectivity index (χ1) is 6.72. The molecule has 1 aromatic rings. The molecule has 0 saturated heterocycles. The first-order valence-electron chi connectivity index (χ1n) is 4.56. The third-order valence-electron chi connectivity index (χ3n) is 2.21. The van der Waals surface area contributed by atoms with Gasteiger partial charge in [-0.25, -0.2) is 0 Å². The molecule has 14 heavy (non-hydrogen) atoms. The standard InChI is InChI=1S/C11H14N2O/c1-3-10(13)8-4-5-11(14-2)9(6-8)7-12/h4-6,10H,3,13H2,1-2H3/t10-/m0/s1. The molecule has 0 radical (unpaired) electrons. The van der Waals surface area contributed by atoms with Crippen LogP contribution in [-0.4, -0.2) is 7.11 Å². The third kappa shape index (κ3) is 2.04. The summed E-state index contributed by atoms with van der Waals surface area (Å²) in [6.07, 6.45) is 0.858. The zero-order valence-corrected chi connectivity index (χ0v) is 8.45. The molecule has 0 bridgehead atoms. The molecular weight excluding hydrogens is 176 g/mol. The van der Waals surface area contributed by atoms with Crippen molar-refractivity contribution < 1.29 is 4.74 Å². The molecule has 0 aliphatic heterocycles. The topological polar surface area (TPSA) is 59.0 Å². The van der Waals surface area contributed by atoms with E-state index in [2.05, 4.69) is 6.07 Å². The van der Waals surface area contributed by atoms with Gasteiger partial charge in [0, 0.05) is 6.04 Å². The first kappa shape index (κ1) is 10.6. The van der Waals surface area contributed by atoms with E-state index in [1.165, 1.54) is 0 Å². The Bertz CT molecular complexity index is 355. The molecule has 0 spiro atoms. The molecule has 1 atom stereocenters. The predicted molar refractivity (Wildman–Crippen MR) is 54.9 cm³/mol. The zero-order valence-electron chi connectivity index (χ0n) is 8.45. The average molecular weight is 190 g/mol. The summed E-state index contributed by atoms with van der Waals surface area (Å²) in [4.78, 5) is 0. The van der Waals surface area contributed by atoms with E-state index in [9.17, 15) is 0 Å². The molecule has 0 heterocycles. The number of rotatable bonds is 3. The molecule has 1 aromatic carbocycles. The van der Waals surface area contributed by atoms with Crippen molar-refractivity contribution in [2.75, 3.05) is 7.11 Å². The lowest BCUT2D eigenvalue weighted by atomic mass is 10.0. The van der Waals surface area contributed by atoms with Gasteiger partial charge in [-0.1, -0.05) is 13.0 Å². The van der Waals surface area contributed by atoms with Crippen LogP contribution in [0.2, 0.25) is 0 Å². The van der Waals surface area contributed by atoms with E-state index < -0.39 is 0 Å². The van der Waals surface area contributed by atoms with E-state index in [0.29, 0.717) is 11.3 Å². The highest BCUT2D eigenvalue weighted by atomic mass is 16.5. The van der Waals surface area contributed by atoms with Crippen LogP contribution in [0.3, 0.4) is 0 Å². The summed E-state index contributed by atoms with van der Waals surface area (Å²) in [6.45, 7) is 2.01. The highest BCUT2D eigenvalue weighted by molar-refractivity contribution is 5.46. The van der Waals surface area contributed by atoms with Crippen molar-refractivity contribution >= 4 is 0 Å². The van der Waals surface area contributed by atoms with Crippen LogP contribution in [0.4, 0.5) is 0 Å². The van der Waals surface area contributed by atoms with Crippen LogP contribution in [-0.2, 0) is 0 Å². The van der Waals surface area contributed by atoms with Crippen LogP contribution in [0.1, 0.15) is 30.5 Å². The number of ether oxygens (including phenoxy) is 1. The number of nitrogens with two attached hydrogens (primary N) is 1. The minimum absolute atomic E-state index is 0.00648. The Morgan fingerprint density at radius 3 is 2.79 bits per heavy atom. The fraction of sp³-hybridized carbons (Fsp3) is 0.364. The molecule has 3 heteroatoms. The summed E-state index contributed by atoms with van der Waals surface area (Å²) < 4.78 is 5.04. The van der Waals surface area contributed by atoms with Gasteiger partial charge in [-0.05, 0) is 24.1 Å². The summed E-state index contributed by atoms with van der Waals surface area (Å²) in [5.41, 5.74) is 7.37. The molecule has 74 valence electrons. The molecule has 2 N–H and O–H groups in total. The smallest absolute Gasteiger partial charge is 0.136 e. The van der Waals surface area contributed by atoms with Crippen LogP contribution < -0.4 is 10.5 Å². The van der Waals surface area contributed by atoms with E-state index in [1.807, 2.05) is 13.0 Å². The van der Waals surface area contributed by atoms with Crippen LogP contribution >= 0.6 is 0 Å². The lowest BCUT2D eigenvalue weighted by Gasteiger charge is -2.10. The van der Waals surface area contributed by atoms with Crippen LogP contribution in [0, 0.1) is 11.3 Å². The van der Waals surface area contributed by atoms with Crippen molar-refractivity contribution in [3.8, 4) is 11.8 Å². The van der Waals surface area contributed by atoms with Gasteiger partial charge in [-0.3, -0.25) is 0 Å². The first-order valence-corrected chi connectivity index (χ1v) is 4.56. The largest absolute Gasteiger partial charge is 0.495 e. The van der Waals surface area contributed by atoms with Gasteiger partial charge in [-0.2, -0.15) is 5.26 Å². The predicted octanol–water partition coefficient (Wildman–Crippen LogP) is 1.98. The Hall–Kier alpha value is -1.53. The number of methoxy groups -OCH3 is 1. The SMILES string of the molecule is CC[C@H](N)c1ccc(OC)c(C#N)c1. The van der Waals surface area contributed by atoms with E-state index in [0.717, 1.165) is 12.0 Å². The highest BCUT2D eigenvalue weighted by Crippen LogP contribution is 2.22. The minimum atomic E-state index is -0.00648. The number of nitriles is 1.